The molecule has 0 bridgehead atoms. The highest BCUT2D eigenvalue weighted by Crippen LogP contribution is 2.14. The summed E-state index contributed by atoms with van der Waals surface area (Å²) in [6.07, 6.45) is 3.44. The van der Waals surface area contributed by atoms with Crippen LogP contribution < -0.4 is 5.32 Å². The van der Waals surface area contributed by atoms with Crippen LogP contribution in [-0.4, -0.2) is 48.8 Å². The average Bonchev–Trinajstić information content (AvgIpc) is 2.73. The number of hydrogen-bond donors (Lipinski definition) is 2. The van der Waals surface area contributed by atoms with E-state index in [1.807, 2.05) is 26.2 Å². The van der Waals surface area contributed by atoms with Crippen LogP contribution >= 0.6 is 11.8 Å². The van der Waals surface area contributed by atoms with Gasteiger partial charge in [0, 0.05) is 24.1 Å². The highest BCUT2D eigenvalue weighted by molar-refractivity contribution is 7.98. The predicted molar refractivity (Wildman–Crippen MR) is 73.0 cm³/mol. The zero-order chi connectivity index (χ0) is 13.2. The minimum absolute atomic E-state index is 0.451. The van der Waals surface area contributed by atoms with Gasteiger partial charge in [-0.25, -0.2) is 4.98 Å². The summed E-state index contributed by atoms with van der Waals surface area (Å²) >= 11 is 1.62. The fourth-order valence-corrected chi connectivity index (χ4v) is 2.42. The Hall–Kier alpha value is -1.34. The maximum Gasteiger partial charge on any atom is 0.254 e. The molecule has 0 radical (unpaired) electrons. The third-order valence-corrected chi connectivity index (χ3v) is 3.40. The summed E-state index contributed by atoms with van der Waals surface area (Å²) in [4.78, 5) is 8.31. The number of hydrogen-bond acceptors (Lipinski definition) is 6. The molecule has 0 saturated heterocycles. The second-order valence-corrected chi connectivity index (χ2v) is 5.40. The molecule has 2 rings (SSSR count). The van der Waals surface area contributed by atoms with Crippen LogP contribution in [0.4, 0.5) is 5.82 Å². The van der Waals surface area contributed by atoms with Crippen LogP contribution in [0, 0.1) is 6.92 Å². The van der Waals surface area contributed by atoms with Crippen molar-refractivity contribution in [3.63, 3.8) is 0 Å². The van der Waals surface area contributed by atoms with Crippen LogP contribution in [0.5, 0.6) is 0 Å². The SMILES string of the molecule is CSCC(C)(O)CNc1cc(C)nc2ncnn12. The van der Waals surface area contributed by atoms with E-state index in [4.69, 9.17) is 0 Å². The molecule has 1 unspecified atom stereocenters. The summed E-state index contributed by atoms with van der Waals surface area (Å²) in [7, 11) is 0. The minimum Gasteiger partial charge on any atom is -0.387 e. The molecule has 18 heavy (non-hydrogen) atoms. The van der Waals surface area contributed by atoms with Crippen LogP contribution in [0.3, 0.4) is 0 Å². The number of nitrogens with one attached hydrogen (secondary N) is 1. The van der Waals surface area contributed by atoms with Crippen molar-refractivity contribution in [2.75, 3.05) is 23.9 Å². The number of aliphatic hydroxyl groups is 1. The van der Waals surface area contributed by atoms with Crippen LogP contribution in [-0.2, 0) is 0 Å². The van der Waals surface area contributed by atoms with E-state index in [9.17, 15) is 5.11 Å². The van der Waals surface area contributed by atoms with E-state index in [1.54, 1.807) is 16.3 Å². The smallest absolute Gasteiger partial charge is 0.254 e. The number of anilines is 1. The molecule has 0 aromatic carbocycles. The lowest BCUT2D eigenvalue weighted by atomic mass is 10.1. The summed E-state index contributed by atoms with van der Waals surface area (Å²) in [5.41, 5.74) is 0.103. The maximum absolute atomic E-state index is 10.1. The normalized spacial score (nSPS) is 14.7. The second-order valence-electron chi connectivity index (χ2n) is 4.54. The first-order chi connectivity index (χ1) is 8.52. The van der Waals surface area contributed by atoms with Crippen molar-refractivity contribution < 1.29 is 5.11 Å². The predicted octanol–water partition coefficient (Wildman–Crippen LogP) is 0.959. The lowest BCUT2D eigenvalue weighted by Crippen LogP contribution is -2.36. The third-order valence-electron chi connectivity index (χ3n) is 2.49. The Labute approximate surface area is 110 Å². The Balaban J connectivity index is 2.19. The molecule has 0 aliphatic carbocycles. The van der Waals surface area contributed by atoms with Crippen molar-refractivity contribution in [2.24, 2.45) is 0 Å². The molecule has 0 aliphatic heterocycles. The number of aromatic nitrogens is 4. The Kier molecular flexibility index (Phi) is 3.72. The van der Waals surface area contributed by atoms with E-state index in [0.29, 0.717) is 18.1 Å². The molecule has 0 aliphatic rings. The zero-order valence-corrected chi connectivity index (χ0v) is 11.5. The molecule has 0 fully saturated rings. The van der Waals surface area contributed by atoms with Gasteiger partial charge in [0.1, 0.15) is 12.1 Å². The van der Waals surface area contributed by atoms with Crippen molar-refractivity contribution in [3.05, 3.63) is 18.1 Å². The molecule has 1 atom stereocenters. The summed E-state index contributed by atoms with van der Waals surface area (Å²) in [6.45, 7) is 4.16. The van der Waals surface area contributed by atoms with E-state index in [-0.39, 0.29) is 0 Å². The maximum atomic E-state index is 10.1. The summed E-state index contributed by atoms with van der Waals surface area (Å²) in [5.74, 6) is 2.02. The number of fused-ring (bicyclic) bond motifs is 1. The average molecular weight is 267 g/mol. The fourth-order valence-electron chi connectivity index (χ4n) is 1.70. The van der Waals surface area contributed by atoms with Gasteiger partial charge in [0.2, 0.25) is 0 Å². The van der Waals surface area contributed by atoms with Gasteiger partial charge in [0.15, 0.2) is 0 Å². The van der Waals surface area contributed by atoms with Crippen LogP contribution in [0.1, 0.15) is 12.6 Å². The fraction of sp³-hybridized carbons (Fsp3) is 0.545. The highest BCUT2D eigenvalue weighted by Gasteiger charge is 2.19. The molecular formula is C11H17N5OS. The van der Waals surface area contributed by atoms with Gasteiger partial charge in [-0.1, -0.05) is 0 Å². The molecule has 7 heteroatoms. The van der Waals surface area contributed by atoms with E-state index in [1.165, 1.54) is 6.33 Å². The first-order valence-electron chi connectivity index (χ1n) is 5.64. The largest absolute Gasteiger partial charge is 0.387 e. The highest BCUT2D eigenvalue weighted by atomic mass is 32.2. The minimum atomic E-state index is -0.760. The van der Waals surface area contributed by atoms with Crippen LogP contribution in [0.25, 0.3) is 5.78 Å². The molecule has 98 valence electrons. The summed E-state index contributed by atoms with van der Waals surface area (Å²) in [5, 5.41) is 17.4. The van der Waals surface area contributed by atoms with Crippen molar-refractivity contribution in [1.82, 2.24) is 19.6 Å². The quantitative estimate of drug-likeness (QED) is 0.840. The molecule has 0 spiro atoms. The standard InChI is InChI=1S/C11H17N5OS/c1-8-4-9(12-5-11(2,17)6-18-3)16-10(15-8)13-7-14-16/h4,7,12,17H,5-6H2,1-3H3. The Morgan fingerprint density at radius 2 is 2.33 bits per heavy atom. The number of rotatable bonds is 5. The van der Waals surface area contributed by atoms with Gasteiger partial charge >= 0.3 is 0 Å². The first-order valence-corrected chi connectivity index (χ1v) is 7.04. The van der Waals surface area contributed by atoms with E-state index in [2.05, 4.69) is 20.4 Å². The molecule has 2 heterocycles. The lowest BCUT2D eigenvalue weighted by Gasteiger charge is -2.23. The monoisotopic (exact) mass is 267 g/mol. The summed E-state index contributed by atoms with van der Waals surface area (Å²) in [6, 6.07) is 1.89. The van der Waals surface area contributed by atoms with Crippen LogP contribution in [0.15, 0.2) is 12.4 Å². The Morgan fingerprint density at radius 1 is 1.56 bits per heavy atom. The zero-order valence-electron chi connectivity index (χ0n) is 10.7. The van der Waals surface area contributed by atoms with Crippen molar-refractivity contribution >= 4 is 23.4 Å². The molecule has 2 aromatic heterocycles. The van der Waals surface area contributed by atoms with Crippen molar-refractivity contribution in [1.29, 1.82) is 0 Å². The van der Waals surface area contributed by atoms with E-state index in [0.717, 1.165) is 11.5 Å². The molecule has 0 amide bonds. The van der Waals surface area contributed by atoms with Gasteiger partial charge in [-0.15, -0.1) is 0 Å². The van der Waals surface area contributed by atoms with Gasteiger partial charge in [-0.2, -0.15) is 26.4 Å². The Bertz CT molecular complexity index is 539. The van der Waals surface area contributed by atoms with E-state index >= 15 is 0 Å². The van der Waals surface area contributed by atoms with Gasteiger partial charge in [0.25, 0.3) is 5.78 Å². The topological polar surface area (TPSA) is 75.3 Å². The van der Waals surface area contributed by atoms with E-state index < -0.39 is 5.60 Å². The van der Waals surface area contributed by atoms with Crippen LogP contribution in [0.2, 0.25) is 0 Å². The van der Waals surface area contributed by atoms with Crippen molar-refractivity contribution in [3.8, 4) is 0 Å². The number of thioether (sulfide) groups is 1. The molecule has 0 saturated carbocycles. The van der Waals surface area contributed by atoms with Gasteiger partial charge in [0.05, 0.1) is 5.60 Å². The third kappa shape index (κ3) is 2.91. The molecular weight excluding hydrogens is 250 g/mol. The van der Waals surface area contributed by atoms with Crippen molar-refractivity contribution in [2.45, 2.75) is 19.4 Å². The molecule has 2 aromatic rings. The lowest BCUT2D eigenvalue weighted by molar-refractivity contribution is 0.0996. The first kappa shape index (κ1) is 13.1. The second kappa shape index (κ2) is 5.11. The van der Waals surface area contributed by atoms with Gasteiger partial charge in [-0.3, -0.25) is 0 Å². The molecule has 2 N–H and O–H groups in total. The summed E-state index contributed by atoms with van der Waals surface area (Å²) < 4.78 is 1.63. The number of nitrogens with zero attached hydrogens (tertiary/aromatic N) is 4. The molecule has 6 nitrogen and oxygen atoms in total. The number of aryl methyl sites for hydroxylation is 1. The van der Waals surface area contributed by atoms with Gasteiger partial charge in [-0.05, 0) is 20.1 Å². The Morgan fingerprint density at radius 3 is 3.06 bits per heavy atom. The van der Waals surface area contributed by atoms with Gasteiger partial charge < -0.3 is 10.4 Å².